The number of hydrogen-bond acceptors (Lipinski definition) is 3. The summed E-state index contributed by atoms with van der Waals surface area (Å²) in [6.07, 6.45) is 1.40. The molecule has 1 aliphatic carbocycles. The zero-order valence-electron chi connectivity index (χ0n) is 13.1. The van der Waals surface area contributed by atoms with Gasteiger partial charge in [-0.3, -0.25) is 9.78 Å². The molecular weight excluding hydrogens is 274 g/mol. The number of ketones is 1. The number of H-pyrrole nitrogens is 1. The largest absolute Gasteiger partial charge is 0.399 e. The topological polar surface area (TPSA) is 71.8 Å². The summed E-state index contributed by atoms with van der Waals surface area (Å²) >= 11 is 0. The van der Waals surface area contributed by atoms with Crippen molar-refractivity contribution in [1.29, 1.82) is 0 Å². The highest BCUT2D eigenvalue weighted by Gasteiger charge is 2.34. The number of nitrogens with zero attached hydrogens (tertiary/aromatic N) is 1. The lowest BCUT2D eigenvalue weighted by atomic mass is 9.74. The van der Waals surface area contributed by atoms with Gasteiger partial charge in [-0.2, -0.15) is 0 Å². The number of aryl methyl sites for hydroxylation is 1. The molecule has 0 amide bonds. The Morgan fingerprint density at radius 3 is 2.82 bits per heavy atom. The number of nitrogen functional groups attached to an aromatic ring is 1. The normalized spacial score (nSPS) is 17.1. The van der Waals surface area contributed by atoms with Gasteiger partial charge in [0.1, 0.15) is 0 Å². The molecule has 3 N–H and O–H groups in total. The van der Waals surface area contributed by atoms with Gasteiger partial charge in [-0.15, -0.1) is 0 Å². The molecule has 0 bridgehead atoms. The van der Waals surface area contributed by atoms with Crippen molar-refractivity contribution in [3.8, 4) is 0 Å². The van der Waals surface area contributed by atoms with E-state index in [2.05, 4.69) is 18.8 Å². The van der Waals surface area contributed by atoms with Crippen LogP contribution in [0.5, 0.6) is 0 Å². The Kier molecular flexibility index (Phi) is 2.48. The van der Waals surface area contributed by atoms with Crippen LogP contribution < -0.4 is 5.73 Å². The minimum atomic E-state index is -0.0255. The summed E-state index contributed by atoms with van der Waals surface area (Å²) < 4.78 is 0. The van der Waals surface area contributed by atoms with E-state index in [0.29, 0.717) is 12.1 Å². The molecule has 3 aromatic rings. The highest BCUT2D eigenvalue weighted by molar-refractivity contribution is 6.20. The van der Waals surface area contributed by atoms with Crippen molar-refractivity contribution >= 4 is 33.3 Å². The van der Waals surface area contributed by atoms with Crippen LogP contribution in [0.4, 0.5) is 5.69 Å². The highest BCUT2D eigenvalue weighted by atomic mass is 16.1. The fourth-order valence-electron chi connectivity index (χ4n) is 3.67. The number of benzene rings is 1. The molecule has 2 heterocycles. The number of fused-ring (bicyclic) bond motifs is 5. The second-order valence-corrected chi connectivity index (χ2v) is 7.14. The summed E-state index contributed by atoms with van der Waals surface area (Å²) in [5.74, 6) is 0.187. The third kappa shape index (κ3) is 1.76. The fraction of sp³-hybridized carbons (Fsp3) is 0.333. The van der Waals surface area contributed by atoms with E-state index in [1.807, 2.05) is 25.1 Å². The fourth-order valence-corrected chi connectivity index (χ4v) is 3.67. The van der Waals surface area contributed by atoms with Crippen molar-refractivity contribution < 1.29 is 4.79 Å². The van der Waals surface area contributed by atoms with Crippen LogP contribution in [-0.2, 0) is 6.42 Å². The van der Waals surface area contributed by atoms with Gasteiger partial charge in [-0.05, 0) is 37.0 Å². The molecule has 0 fully saturated rings. The van der Waals surface area contributed by atoms with Crippen LogP contribution in [-0.4, -0.2) is 15.8 Å². The Bertz CT molecular complexity index is 950. The maximum absolute atomic E-state index is 12.8. The van der Waals surface area contributed by atoms with Crippen LogP contribution in [0.3, 0.4) is 0 Å². The zero-order chi connectivity index (χ0) is 15.6. The molecule has 112 valence electrons. The van der Waals surface area contributed by atoms with Crippen molar-refractivity contribution in [3.05, 3.63) is 35.2 Å². The Balaban J connectivity index is 2.18. The molecule has 1 aliphatic rings. The van der Waals surface area contributed by atoms with Crippen molar-refractivity contribution in [3.63, 3.8) is 0 Å². The number of carbonyl (C=O) groups excluding carboxylic acids is 1. The zero-order valence-corrected chi connectivity index (χ0v) is 13.1. The third-order valence-corrected chi connectivity index (χ3v) is 4.59. The summed E-state index contributed by atoms with van der Waals surface area (Å²) in [5, 5.41) is 2.01. The van der Waals surface area contributed by atoms with Gasteiger partial charge >= 0.3 is 0 Å². The van der Waals surface area contributed by atoms with Crippen LogP contribution in [0, 0.1) is 12.3 Å². The minimum Gasteiger partial charge on any atom is -0.399 e. The van der Waals surface area contributed by atoms with Gasteiger partial charge in [0.15, 0.2) is 5.78 Å². The second kappa shape index (κ2) is 4.09. The van der Waals surface area contributed by atoms with E-state index >= 15 is 0 Å². The van der Waals surface area contributed by atoms with Crippen LogP contribution in [0.25, 0.3) is 21.8 Å². The molecule has 0 aliphatic heterocycles. The molecule has 4 rings (SSSR count). The molecule has 0 atom stereocenters. The van der Waals surface area contributed by atoms with Gasteiger partial charge in [0, 0.05) is 34.0 Å². The molecule has 2 aromatic heterocycles. The number of nitrogens with two attached hydrogens (primary N) is 1. The Hall–Kier alpha value is -2.36. The predicted molar refractivity (Wildman–Crippen MR) is 89.2 cm³/mol. The smallest absolute Gasteiger partial charge is 0.165 e. The molecule has 0 saturated heterocycles. The van der Waals surface area contributed by atoms with E-state index in [1.54, 1.807) is 0 Å². The molecule has 0 spiro atoms. The Morgan fingerprint density at radius 1 is 1.27 bits per heavy atom. The molecule has 0 saturated carbocycles. The van der Waals surface area contributed by atoms with Gasteiger partial charge in [0.25, 0.3) is 0 Å². The number of aromatic nitrogens is 2. The van der Waals surface area contributed by atoms with Crippen molar-refractivity contribution in [2.75, 3.05) is 5.73 Å². The molecule has 4 nitrogen and oxygen atoms in total. The van der Waals surface area contributed by atoms with Crippen molar-refractivity contribution in [2.45, 2.75) is 33.6 Å². The first-order valence-electron chi connectivity index (χ1n) is 7.59. The standard InChI is InChI=1S/C18H19N3O/c1-9-17-15(11-6-10(19)4-5-12(11)21-17)16-13(20-9)7-18(2,3)8-14(16)22/h4-6,21H,7-8,19H2,1-3H3. The quantitative estimate of drug-likeness (QED) is 0.620. The van der Waals surface area contributed by atoms with Gasteiger partial charge in [0.2, 0.25) is 0 Å². The van der Waals surface area contributed by atoms with Crippen molar-refractivity contribution in [2.24, 2.45) is 5.41 Å². The number of aromatic amines is 1. The molecule has 1 aromatic carbocycles. The van der Waals surface area contributed by atoms with Crippen LogP contribution >= 0.6 is 0 Å². The molecule has 22 heavy (non-hydrogen) atoms. The number of hydrogen-bond donors (Lipinski definition) is 2. The molecule has 0 unspecified atom stereocenters. The lowest BCUT2D eigenvalue weighted by molar-refractivity contribution is 0.0912. The lowest BCUT2D eigenvalue weighted by Gasteiger charge is -2.30. The van der Waals surface area contributed by atoms with Gasteiger partial charge in [-0.25, -0.2) is 0 Å². The first-order valence-corrected chi connectivity index (χ1v) is 7.59. The van der Waals surface area contributed by atoms with E-state index in [9.17, 15) is 4.79 Å². The Morgan fingerprint density at radius 2 is 2.05 bits per heavy atom. The number of pyridine rings is 1. The first-order chi connectivity index (χ1) is 10.4. The Labute approximate surface area is 128 Å². The van der Waals surface area contributed by atoms with Gasteiger partial charge in [-0.1, -0.05) is 13.8 Å². The number of anilines is 1. The van der Waals surface area contributed by atoms with Crippen LogP contribution in [0.15, 0.2) is 18.2 Å². The van der Waals surface area contributed by atoms with Crippen molar-refractivity contribution in [1.82, 2.24) is 9.97 Å². The lowest BCUT2D eigenvalue weighted by Crippen LogP contribution is -2.28. The first kappa shape index (κ1) is 13.3. The summed E-state index contributed by atoms with van der Waals surface area (Å²) in [7, 11) is 0. The van der Waals surface area contributed by atoms with Gasteiger partial charge < -0.3 is 10.7 Å². The van der Waals surface area contributed by atoms with Crippen LogP contribution in [0.1, 0.15) is 42.0 Å². The van der Waals surface area contributed by atoms with E-state index < -0.39 is 0 Å². The maximum atomic E-state index is 12.8. The number of rotatable bonds is 0. The summed E-state index contributed by atoms with van der Waals surface area (Å²) in [6, 6.07) is 5.78. The van der Waals surface area contributed by atoms with Crippen LogP contribution in [0.2, 0.25) is 0 Å². The third-order valence-electron chi connectivity index (χ3n) is 4.59. The van der Waals surface area contributed by atoms with E-state index in [0.717, 1.165) is 45.2 Å². The SMILES string of the molecule is Cc1nc2c(c3c1[nH]c1ccc(N)cc13)C(=O)CC(C)(C)C2. The minimum absolute atomic E-state index is 0.0255. The average molecular weight is 293 g/mol. The van der Waals surface area contributed by atoms with E-state index in [-0.39, 0.29) is 11.2 Å². The number of nitrogens with one attached hydrogen (secondary N) is 1. The maximum Gasteiger partial charge on any atom is 0.165 e. The van der Waals surface area contributed by atoms with Gasteiger partial charge in [0.05, 0.1) is 16.9 Å². The molecule has 0 radical (unpaired) electrons. The van der Waals surface area contributed by atoms with E-state index in [1.165, 1.54) is 0 Å². The predicted octanol–water partition coefficient (Wildman–Crippen LogP) is 3.76. The number of carbonyl (C=O) groups is 1. The molecule has 4 heteroatoms. The summed E-state index contributed by atoms with van der Waals surface area (Å²) in [4.78, 5) is 20.9. The van der Waals surface area contributed by atoms with E-state index in [4.69, 9.17) is 10.7 Å². The monoisotopic (exact) mass is 293 g/mol. The highest BCUT2D eigenvalue weighted by Crippen LogP contribution is 2.40. The second-order valence-electron chi connectivity index (χ2n) is 7.14. The average Bonchev–Trinajstić information content (AvgIpc) is 2.76. The summed E-state index contributed by atoms with van der Waals surface area (Å²) in [5.41, 5.74) is 11.2. The molecular formula is C18H19N3O. The number of Topliss-reactive ketones (excluding diaryl/α,β-unsaturated/α-hetero) is 1. The summed E-state index contributed by atoms with van der Waals surface area (Å²) in [6.45, 7) is 6.25.